The van der Waals surface area contributed by atoms with Gasteiger partial charge in [-0.25, -0.2) is 0 Å². The first-order chi connectivity index (χ1) is 10.1. The minimum absolute atomic E-state index is 0.543. The molecule has 1 saturated heterocycles. The van der Waals surface area contributed by atoms with Gasteiger partial charge in [0.25, 0.3) is 0 Å². The fourth-order valence-corrected chi connectivity index (χ4v) is 3.14. The fourth-order valence-electron chi connectivity index (χ4n) is 3.14. The molecule has 4 heteroatoms. The van der Waals surface area contributed by atoms with E-state index in [-0.39, 0.29) is 0 Å². The van der Waals surface area contributed by atoms with Crippen LogP contribution in [0.2, 0.25) is 0 Å². The number of nitrogens with zero attached hydrogens (tertiary/aromatic N) is 3. The highest BCUT2D eigenvalue weighted by molar-refractivity contribution is 5.65. The SMILES string of the molecule is CC1(O)CCCN(Cc2cn3ccccc3c2C#N)CC1. The monoisotopic (exact) mass is 283 g/mol. The van der Waals surface area contributed by atoms with Crippen LogP contribution in [0.15, 0.2) is 30.6 Å². The maximum atomic E-state index is 10.2. The molecule has 110 valence electrons. The first-order valence-corrected chi connectivity index (χ1v) is 7.52. The molecule has 1 unspecified atom stereocenters. The Balaban J connectivity index is 1.83. The average molecular weight is 283 g/mol. The van der Waals surface area contributed by atoms with Crippen molar-refractivity contribution in [2.75, 3.05) is 13.1 Å². The zero-order valence-electron chi connectivity index (χ0n) is 12.4. The lowest BCUT2D eigenvalue weighted by Gasteiger charge is -2.22. The van der Waals surface area contributed by atoms with Crippen molar-refractivity contribution in [1.82, 2.24) is 9.30 Å². The van der Waals surface area contributed by atoms with Gasteiger partial charge in [-0.05, 0) is 44.9 Å². The molecule has 1 atom stereocenters. The molecular formula is C17H21N3O. The zero-order chi connectivity index (χ0) is 14.9. The summed E-state index contributed by atoms with van der Waals surface area (Å²) in [5.74, 6) is 0. The number of aliphatic hydroxyl groups is 1. The third-order valence-electron chi connectivity index (χ3n) is 4.42. The molecule has 0 bridgehead atoms. The summed E-state index contributed by atoms with van der Waals surface area (Å²) < 4.78 is 2.02. The van der Waals surface area contributed by atoms with Crippen LogP contribution >= 0.6 is 0 Å². The summed E-state index contributed by atoms with van der Waals surface area (Å²) in [6.45, 7) is 4.56. The molecule has 1 aliphatic rings. The molecule has 0 radical (unpaired) electrons. The van der Waals surface area contributed by atoms with Gasteiger partial charge in [0.15, 0.2) is 0 Å². The standard InChI is InChI=1S/C17H21N3O/c1-17(21)6-4-8-19(10-7-17)12-14-13-20-9-3-2-5-16(20)15(14)11-18/h2-3,5,9,13,21H,4,6-8,10,12H2,1H3. The number of rotatable bonds is 2. The molecule has 3 heterocycles. The van der Waals surface area contributed by atoms with Crippen molar-refractivity contribution in [2.45, 2.75) is 38.3 Å². The number of aromatic nitrogens is 1. The molecule has 1 aliphatic heterocycles. The first-order valence-electron chi connectivity index (χ1n) is 7.52. The van der Waals surface area contributed by atoms with Gasteiger partial charge in [0.05, 0.1) is 16.7 Å². The van der Waals surface area contributed by atoms with E-state index in [1.807, 2.05) is 35.7 Å². The van der Waals surface area contributed by atoms with Crippen LogP contribution in [0.4, 0.5) is 0 Å². The number of hydrogen-bond donors (Lipinski definition) is 1. The van der Waals surface area contributed by atoms with Crippen LogP contribution < -0.4 is 0 Å². The van der Waals surface area contributed by atoms with Crippen molar-refractivity contribution < 1.29 is 5.11 Å². The summed E-state index contributed by atoms with van der Waals surface area (Å²) in [6.07, 6.45) is 6.68. The average Bonchev–Trinajstić information content (AvgIpc) is 2.71. The number of hydrogen-bond acceptors (Lipinski definition) is 3. The fraction of sp³-hybridized carbons (Fsp3) is 0.471. The number of nitriles is 1. The molecule has 1 N–H and O–H groups in total. The van der Waals surface area contributed by atoms with Crippen LogP contribution in [-0.2, 0) is 6.54 Å². The van der Waals surface area contributed by atoms with Gasteiger partial charge in [0.2, 0.25) is 0 Å². The van der Waals surface area contributed by atoms with Gasteiger partial charge >= 0.3 is 0 Å². The van der Waals surface area contributed by atoms with E-state index >= 15 is 0 Å². The van der Waals surface area contributed by atoms with E-state index in [4.69, 9.17) is 0 Å². The van der Waals surface area contributed by atoms with Gasteiger partial charge in [0.1, 0.15) is 6.07 Å². The first kappa shape index (κ1) is 14.1. The van der Waals surface area contributed by atoms with Crippen molar-refractivity contribution in [1.29, 1.82) is 5.26 Å². The number of likely N-dealkylation sites (tertiary alicyclic amines) is 1. The van der Waals surface area contributed by atoms with E-state index in [0.717, 1.165) is 55.5 Å². The Morgan fingerprint density at radius 1 is 1.33 bits per heavy atom. The topological polar surface area (TPSA) is 51.7 Å². The Bertz CT molecular complexity index is 681. The molecule has 0 saturated carbocycles. The molecule has 0 aliphatic carbocycles. The van der Waals surface area contributed by atoms with Gasteiger partial charge in [-0.2, -0.15) is 5.26 Å². The summed E-state index contributed by atoms with van der Waals surface area (Å²) in [4.78, 5) is 2.34. The maximum Gasteiger partial charge on any atom is 0.102 e. The van der Waals surface area contributed by atoms with E-state index in [1.54, 1.807) is 0 Å². The predicted octanol–water partition coefficient (Wildman–Crippen LogP) is 2.55. The van der Waals surface area contributed by atoms with Crippen LogP contribution in [0.3, 0.4) is 0 Å². The van der Waals surface area contributed by atoms with Gasteiger partial charge in [-0.1, -0.05) is 6.07 Å². The minimum Gasteiger partial charge on any atom is -0.390 e. The van der Waals surface area contributed by atoms with Crippen LogP contribution in [0.5, 0.6) is 0 Å². The summed E-state index contributed by atoms with van der Waals surface area (Å²) in [5, 5.41) is 19.6. The molecule has 3 rings (SSSR count). The molecule has 2 aromatic rings. The molecule has 0 amide bonds. The quantitative estimate of drug-likeness (QED) is 0.921. The van der Waals surface area contributed by atoms with E-state index in [1.165, 1.54) is 0 Å². The van der Waals surface area contributed by atoms with Crippen LogP contribution in [0, 0.1) is 11.3 Å². The summed E-state index contributed by atoms with van der Waals surface area (Å²) in [6, 6.07) is 8.26. The van der Waals surface area contributed by atoms with Crippen LogP contribution in [0.25, 0.3) is 5.52 Å². The predicted molar refractivity (Wildman–Crippen MR) is 81.9 cm³/mol. The van der Waals surface area contributed by atoms with Gasteiger partial charge in [-0.15, -0.1) is 0 Å². The third-order valence-corrected chi connectivity index (χ3v) is 4.42. The number of pyridine rings is 1. The second-order valence-electron chi connectivity index (χ2n) is 6.26. The molecule has 1 fully saturated rings. The zero-order valence-corrected chi connectivity index (χ0v) is 12.4. The summed E-state index contributed by atoms with van der Waals surface area (Å²) in [7, 11) is 0. The molecule has 0 aromatic carbocycles. The third kappa shape index (κ3) is 2.94. The van der Waals surface area contributed by atoms with E-state index in [0.29, 0.717) is 0 Å². The summed E-state index contributed by atoms with van der Waals surface area (Å²) >= 11 is 0. The molecule has 4 nitrogen and oxygen atoms in total. The molecule has 2 aromatic heterocycles. The minimum atomic E-state index is -0.543. The Labute approximate surface area is 125 Å². The Kier molecular flexibility index (Phi) is 3.71. The Hall–Kier alpha value is -1.83. The highest BCUT2D eigenvalue weighted by Crippen LogP contribution is 2.24. The van der Waals surface area contributed by atoms with Crippen LogP contribution in [-0.4, -0.2) is 33.1 Å². The second-order valence-corrected chi connectivity index (χ2v) is 6.26. The van der Waals surface area contributed by atoms with Gasteiger partial charge < -0.3 is 9.51 Å². The Morgan fingerprint density at radius 2 is 2.19 bits per heavy atom. The highest BCUT2D eigenvalue weighted by atomic mass is 16.3. The molecule has 21 heavy (non-hydrogen) atoms. The van der Waals surface area contributed by atoms with Crippen molar-refractivity contribution in [3.05, 3.63) is 41.7 Å². The van der Waals surface area contributed by atoms with Gasteiger partial charge in [0, 0.05) is 31.0 Å². The number of fused-ring (bicyclic) bond motifs is 1. The largest absolute Gasteiger partial charge is 0.390 e. The van der Waals surface area contributed by atoms with E-state index < -0.39 is 5.60 Å². The second kappa shape index (κ2) is 5.51. The smallest absolute Gasteiger partial charge is 0.102 e. The van der Waals surface area contributed by atoms with Gasteiger partial charge in [-0.3, -0.25) is 4.90 Å². The van der Waals surface area contributed by atoms with E-state index in [2.05, 4.69) is 17.2 Å². The van der Waals surface area contributed by atoms with Crippen molar-refractivity contribution in [2.24, 2.45) is 0 Å². The Morgan fingerprint density at radius 3 is 3.00 bits per heavy atom. The van der Waals surface area contributed by atoms with E-state index in [9.17, 15) is 10.4 Å². The maximum absolute atomic E-state index is 10.2. The molecular weight excluding hydrogens is 262 g/mol. The van der Waals surface area contributed by atoms with Crippen molar-refractivity contribution in [3.63, 3.8) is 0 Å². The van der Waals surface area contributed by atoms with Crippen molar-refractivity contribution >= 4 is 5.52 Å². The summed E-state index contributed by atoms with van der Waals surface area (Å²) in [5.41, 5.74) is 2.27. The lowest BCUT2D eigenvalue weighted by atomic mass is 9.98. The van der Waals surface area contributed by atoms with Crippen molar-refractivity contribution in [3.8, 4) is 6.07 Å². The normalized spacial score (nSPS) is 23.9. The van der Waals surface area contributed by atoms with Crippen LogP contribution in [0.1, 0.15) is 37.3 Å². The molecule has 0 spiro atoms. The lowest BCUT2D eigenvalue weighted by molar-refractivity contribution is 0.0444. The lowest BCUT2D eigenvalue weighted by Crippen LogP contribution is -2.28. The highest BCUT2D eigenvalue weighted by Gasteiger charge is 2.25.